The topological polar surface area (TPSA) is 50.4 Å². The first-order valence-electron chi connectivity index (χ1n) is 6.84. The lowest BCUT2D eigenvalue weighted by Gasteiger charge is -2.13. The van der Waals surface area contributed by atoms with E-state index in [1.54, 1.807) is 31.4 Å². The maximum atomic E-state index is 12.2. The van der Waals surface area contributed by atoms with Gasteiger partial charge in [-0.05, 0) is 49.2 Å². The van der Waals surface area contributed by atoms with Crippen molar-refractivity contribution >= 4 is 34.5 Å². The first-order chi connectivity index (χ1) is 10.5. The second kappa shape index (κ2) is 7.04. The highest BCUT2D eigenvalue weighted by molar-refractivity contribution is 7.82. The van der Waals surface area contributed by atoms with Crippen LogP contribution in [-0.4, -0.2) is 18.0 Å². The average molecular weight is 314 g/mol. The SMILES string of the molecule is COc1ccc(NC(=S)C(=O)Nc2c(C)cccc2C)cc1. The molecule has 4 nitrogen and oxygen atoms in total. The Labute approximate surface area is 135 Å². The van der Waals surface area contributed by atoms with Crippen LogP contribution in [0.2, 0.25) is 0 Å². The molecule has 114 valence electrons. The van der Waals surface area contributed by atoms with Gasteiger partial charge < -0.3 is 15.4 Å². The molecular weight excluding hydrogens is 296 g/mol. The monoisotopic (exact) mass is 314 g/mol. The minimum absolute atomic E-state index is 0.118. The van der Waals surface area contributed by atoms with Crippen LogP contribution in [0.5, 0.6) is 5.75 Å². The van der Waals surface area contributed by atoms with Crippen LogP contribution < -0.4 is 15.4 Å². The third-order valence-electron chi connectivity index (χ3n) is 3.27. The van der Waals surface area contributed by atoms with E-state index < -0.39 is 0 Å². The molecule has 0 heterocycles. The molecule has 0 atom stereocenters. The van der Waals surface area contributed by atoms with E-state index in [2.05, 4.69) is 10.6 Å². The fourth-order valence-electron chi connectivity index (χ4n) is 2.04. The number of carbonyl (C=O) groups is 1. The molecule has 2 aromatic rings. The van der Waals surface area contributed by atoms with Gasteiger partial charge in [0.2, 0.25) is 0 Å². The van der Waals surface area contributed by atoms with Gasteiger partial charge >= 0.3 is 0 Å². The summed E-state index contributed by atoms with van der Waals surface area (Å²) in [7, 11) is 1.60. The molecule has 0 aliphatic rings. The first kappa shape index (κ1) is 16.0. The Morgan fingerprint density at radius 1 is 1.00 bits per heavy atom. The van der Waals surface area contributed by atoms with Gasteiger partial charge in [0.15, 0.2) is 4.99 Å². The van der Waals surface area contributed by atoms with E-state index in [4.69, 9.17) is 17.0 Å². The molecule has 2 N–H and O–H groups in total. The number of thiocarbonyl (C=S) groups is 1. The van der Waals surface area contributed by atoms with Crippen molar-refractivity contribution in [2.45, 2.75) is 13.8 Å². The van der Waals surface area contributed by atoms with Crippen molar-refractivity contribution < 1.29 is 9.53 Å². The van der Waals surface area contributed by atoms with E-state index in [1.807, 2.05) is 32.0 Å². The van der Waals surface area contributed by atoms with Crippen LogP contribution in [0.25, 0.3) is 0 Å². The molecule has 1 amide bonds. The molecule has 2 rings (SSSR count). The normalized spacial score (nSPS) is 9.95. The van der Waals surface area contributed by atoms with E-state index in [1.165, 1.54) is 0 Å². The second-order valence-corrected chi connectivity index (χ2v) is 5.31. The molecule has 0 aliphatic heterocycles. The first-order valence-corrected chi connectivity index (χ1v) is 7.24. The predicted octanol–water partition coefficient (Wildman–Crippen LogP) is 3.69. The maximum Gasteiger partial charge on any atom is 0.283 e. The lowest BCUT2D eigenvalue weighted by molar-refractivity contribution is -0.110. The molecule has 0 fully saturated rings. The van der Waals surface area contributed by atoms with Crippen LogP contribution in [0.4, 0.5) is 11.4 Å². The molecule has 5 heteroatoms. The number of methoxy groups -OCH3 is 1. The Morgan fingerprint density at radius 2 is 1.59 bits per heavy atom. The fourth-order valence-corrected chi connectivity index (χ4v) is 2.21. The van der Waals surface area contributed by atoms with Crippen molar-refractivity contribution in [2.75, 3.05) is 17.7 Å². The predicted molar refractivity (Wildman–Crippen MR) is 93.8 cm³/mol. The molecule has 0 saturated heterocycles. The Balaban J connectivity index is 2.04. The fraction of sp³-hybridized carbons (Fsp3) is 0.176. The van der Waals surface area contributed by atoms with Crippen molar-refractivity contribution in [2.24, 2.45) is 0 Å². The molecular formula is C17H18N2O2S. The highest BCUT2D eigenvalue weighted by Crippen LogP contribution is 2.20. The molecule has 0 spiro atoms. The van der Waals surface area contributed by atoms with Crippen molar-refractivity contribution in [1.29, 1.82) is 0 Å². The van der Waals surface area contributed by atoms with Gasteiger partial charge in [-0.3, -0.25) is 4.79 Å². The third-order valence-corrected chi connectivity index (χ3v) is 3.56. The number of nitrogens with one attached hydrogen (secondary N) is 2. The van der Waals surface area contributed by atoms with E-state index in [0.29, 0.717) is 0 Å². The number of anilines is 2. The van der Waals surface area contributed by atoms with Gasteiger partial charge in [0.05, 0.1) is 7.11 Å². The zero-order chi connectivity index (χ0) is 16.1. The summed E-state index contributed by atoms with van der Waals surface area (Å²) in [6, 6.07) is 13.1. The van der Waals surface area contributed by atoms with Gasteiger partial charge in [-0.25, -0.2) is 0 Å². The Kier molecular flexibility index (Phi) is 5.12. The van der Waals surface area contributed by atoms with E-state index in [9.17, 15) is 4.79 Å². The van der Waals surface area contributed by atoms with Gasteiger partial charge in [0.1, 0.15) is 5.75 Å². The van der Waals surface area contributed by atoms with E-state index in [-0.39, 0.29) is 10.9 Å². The second-order valence-electron chi connectivity index (χ2n) is 4.90. The highest BCUT2D eigenvalue weighted by Gasteiger charge is 2.12. The van der Waals surface area contributed by atoms with Crippen molar-refractivity contribution in [3.8, 4) is 5.75 Å². The number of para-hydroxylation sites is 1. The van der Waals surface area contributed by atoms with Gasteiger partial charge in [-0.15, -0.1) is 0 Å². The van der Waals surface area contributed by atoms with E-state index in [0.717, 1.165) is 28.3 Å². The number of benzene rings is 2. The zero-order valence-corrected chi connectivity index (χ0v) is 13.6. The largest absolute Gasteiger partial charge is 0.497 e. The summed E-state index contributed by atoms with van der Waals surface area (Å²) in [5.41, 5.74) is 3.54. The number of rotatable bonds is 3. The summed E-state index contributed by atoms with van der Waals surface area (Å²) < 4.78 is 5.09. The van der Waals surface area contributed by atoms with Gasteiger partial charge in [0, 0.05) is 11.4 Å². The minimum Gasteiger partial charge on any atom is -0.497 e. The minimum atomic E-state index is -0.330. The molecule has 22 heavy (non-hydrogen) atoms. The maximum absolute atomic E-state index is 12.2. The van der Waals surface area contributed by atoms with Crippen molar-refractivity contribution in [1.82, 2.24) is 0 Å². The molecule has 0 bridgehead atoms. The molecule has 0 aliphatic carbocycles. The van der Waals surface area contributed by atoms with Crippen LogP contribution in [0.3, 0.4) is 0 Å². The quantitative estimate of drug-likeness (QED) is 0.848. The van der Waals surface area contributed by atoms with E-state index >= 15 is 0 Å². The highest BCUT2D eigenvalue weighted by atomic mass is 32.1. The van der Waals surface area contributed by atoms with Crippen molar-refractivity contribution in [3.63, 3.8) is 0 Å². The number of hydrogen-bond acceptors (Lipinski definition) is 3. The smallest absolute Gasteiger partial charge is 0.283 e. The van der Waals surface area contributed by atoms with Crippen LogP contribution in [0, 0.1) is 13.8 Å². The molecule has 0 saturated carbocycles. The molecule has 0 radical (unpaired) electrons. The number of amides is 1. The van der Waals surface area contributed by atoms with Gasteiger partial charge in [-0.1, -0.05) is 30.4 Å². The number of aryl methyl sites for hydroxylation is 2. The van der Waals surface area contributed by atoms with Crippen LogP contribution in [0.15, 0.2) is 42.5 Å². The lowest BCUT2D eigenvalue weighted by atomic mass is 10.1. The summed E-state index contributed by atoms with van der Waals surface area (Å²) in [5.74, 6) is 0.416. The summed E-state index contributed by atoms with van der Waals surface area (Å²) in [6.07, 6.45) is 0. The summed E-state index contributed by atoms with van der Waals surface area (Å²) in [5, 5.41) is 5.77. The van der Waals surface area contributed by atoms with Gasteiger partial charge in [-0.2, -0.15) is 0 Å². The number of carbonyl (C=O) groups excluding carboxylic acids is 1. The Hall–Kier alpha value is -2.40. The lowest BCUT2D eigenvalue weighted by Crippen LogP contribution is -2.28. The number of ether oxygens (including phenoxy) is 1. The Bertz CT molecular complexity index is 676. The number of hydrogen-bond donors (Lipinski definition) is 2. The standard InChI is InChI=1S/C17H18N2O2S/c1-11-5-4-6-12(2)15(11)19-16(20)17(22)18-13-7-9-14(21-3)10-8-13/h4-10H,1-3H3,(H,18,22)(H,19,20). The molecule has 2 aromatic carbocycles. The van der Waals surface area contributed by atoms with Gasteiger partial charge in [0.25, 0.3) is 5.91 Å². The van der Waals surface area contributed by atoms with Crippen LogP contribution >= 0.6 is 12.2 Å². The van der Waals surface area contributed by atoms with Crippen molar-refractivity contribution in [3.05, 3.63) is 53.6 Å². The van der Waals surface area contributed by atoms with Crippen LogP contribution in [-0.2, 0) is 4.79 Å². The summed E-state index contributed by atoms with van der Waals surface area (Å²) >= 11 is 5.15. The molecule has 0 aromatic heterocycles. The summed E-state index contributed by atoms with van der Waals surface area (Å²) in [4.78, 5) is 12.3. The molecule has 0 unspecified atom stereocenters. The Morgan fingerprint density at radius 3 is 2.14 bits per heavy atom. The zero-order valence-electron chi connectivity index (χ0n) is 12.8. The summed E-state index contributed by atoms with van der Waals surface area (Å²) in [6.45, 7) is 3.89. The third kappa shape index (κ3) is 3.83. The average Bonchev–Trinajstić information content (AvgIpc) is 2.51. The van der Waals surface area contributed by atoms with Crippen LogP contribution in [0.1, 0.15) is 11.1 Å².